The Morgan fingerprint density at radius 2 is 0.439 bits per heavy atom. The molecule has 478 valence electrons. The molecule has 0 aromatic carbocycles. The Kier molecular flexibility index (Phi) is 68.1. The molecular formula is C76H138O6. The summed E-state index contributed by atoms with van der Waals surface area (Å²) >= 11 is 0. The van der Waals surface area contributed by atoms with Crippen molar-refractivity contribution in [3.8, 4) is 0 Å². The van der Waals surface area contributed by atoms with Crippen molar-refractivity contribution in [3.63, 3.8) is 0 Å². The third kappa shape index (κ3) is 67.9. The number of unbranched alkanes of at least 4 members (excludes halogenated alkanes) is 46. The van der Waals surface area contributed by atoms with Crippen LogP contribution in [0.25, 0.3) is 0 Å². The van der Waals surface area contributed by atoms with Crippen molar-refractivity contribution in [1.29, 1.82) is 0 Å². The Morgan fingerprint density at radius 1 is 0.244 bits per heavy atom. The number of carbonyl (C=O) groups excluding carboxylic acids is 3. The van der Waals surface area contributed by atoms with Gasteiger partial charge in [0, 0.05) is 19.3 Å². The normalized spacial score (nSPS) is 12.4. The van der Waals surface area contributed by atoms with Crippen LogP contribution in [0.3, 0.4) is 0 Å². The zero-order valence-corrected chi connectivity index (χ0v) is 55.0. The second kappa shape index (κ2) is 70.6. The van der Waals surface area contributed by atoms with Crippen LogP contribution in [0.2, 0.25) is 0 Å². The van der Waals surface area contributed by atoms with Gasteiger partial charge in [-0.1, -0.05) is 319 Å². The lowest BCUT2D eigenvalue weighted by molar-refractivity contribution is -0.167. The quantitative estimate of drug-likeness (QED) is 0.0261. The van der Waals surface area contributed by atoms with Crippen LogP contribution in [0.15, 0.2) is 60.8 Å². The highest BCUT2D eigenvalue weighted by Gasteiger charge is 2.19. The van der Waals surface area contributed by atoms with E-state index in [4.69, 9.17) is 14.2 Å². The molecule has 0 bridgehead atoms. The molecule has 0 N–H and O–H groups in total. The monoisotopic (exact) mass is 1150 g/mol. The summed E-state index contributed by atoms with van der Waals surface area (Å²) in [5, 5.41) is 0. The number of hydrogen-bond acceptors (Lipinski definition) is 6. The van der Waals surface area contributed by atoms with Gasteiger partial charge in [-0.3, -0.25) is 14.4 Å². The lowest BCUT2D eigenvalue weighted by atomic mass is 10.0. The van der Waals surface area contributed by atoms with E-state index in [9.17, 15) is 14.4 Å². The van der Waals surface area contributed by atoms with E-state index in [1.165, 1.54) is 276 Å². The summed E-state index contributed by atoms with van der Waals surface area (Å²) in [5.74, 6) is -0.859. The van der Waals surface area contributed by atoms with Gasteiger partial charge in [-0.05, 0) is 109 Å². The highest BCUT2D eigenvalue weighted by molar-refractivity contribution is 5.71. The number of ether oxygens (including phenoxy) is 3. The third-order valence-corrected chi connectivity index (χ3v) is 16.2. The van der Waals surface area contributed by atoms with Gasteiger partial charge in [0.2, 0.25) is 0 Å². The van der Waals surface area contributed by atoms with Crippen molar-refractivity contribution in [3.05, 3.63) is 60.8 Å². The van der Waals surface area contributed by atoms with E-state index >= 15 is 0 Å². The van der Waals surface area contributed by atoms with E-state index in [0.29, 0.717) is 19.3 Å². The van der Waals surface area contributed by atoms with Crippen molar-refractivity contribution in [2.45, 2.75) is 393 Å². The van der Waals surface area contributed by atoms with Crippen molar-refractivity contribution >= 4 is 17.9 Å². The van der Waals surface area contributed by atoms with Gasteiger partial charge in [-0.15, -0.1) is 0 Å². The first-order chi connectivity index (χ1) is 40.5. The predicted octanol–water partition coefficient (Wildman–Crippen LogP) is 25.1. The predicted molar refractivity (Wildman–Crippen MR) is 358 cm³/mol. The molecule has 82 heavy (non-hydrogen) atoms. The van der Waals surface area contributed by atoms with Crippen LogP contribution in [-0.4, -0.2) is 37.2 Å². The fraction of sp³-hybridized carbons (Fsp3) is 0.829. The zero-order chi connectivity index (χ0) is 59.2. The van der Waals surface area contributed by atoms with Crippen LogP contribution >= 0.6 is 0 Å². The molecule has 0 heterocycles. The Bertz CT molecular complexity index is 1460. The smallest absolute Gasteiger partial charge is 0.306 e. The summed E-state index contributed by atoms with van der Waals surface area (Å²) in [6.07, 6.45) is 91.0. The van der Waals surface area contributed by atoms with Crippen LogP contribution in [0, 0.1) is 0 Å². The lowest BCUT2D eigenvalue weighted by Crippen LogP contribution is -2.30. The Balaban J connectivity index is 4.33. The molecule has 0 saturated carbocycles. The first-order valence-corrected chi connectivity index (χ1v) is 36.3. The highest BCUT2D eigenvalue weighted by Crippen LogP contribution is 2.18. The molecule has 0 saturated heterocycles. The second-order valence-electron chi connectivity index (χ2n) is 24.5. The maximum absolute atomic E-state index is 13.0. The van der Waals surface area contributed by atoms with Crippen molar-refractivity contribution < 1.29 is 28.6 Å². The first-order valence-electron chi connectivity index (χ1n) is 36.3. The average Bonchev–Trinajstić information content (AvgIpc) is 3.47. The summed E-state index contributed by atoms with van der Waals surface area (Å²) in [4.78, 5) is 38.5. The van der Waals surface area contributed by atoms with Gasteiger partial charge in [0.15, 0.2) is 6.10 Å². The molecule has 0 aliphatic carbocycles. The molecule has 0 fully saturated rings. The van der Waals surface area contributed by atoms with E-state index in [2.05, 4.69) is 81.5 Å². The highest BCUT2D eigenvalue weighted by atomic mass is 16.6. The Hall–Kier alpha value is -2.89. The number of hydrogen-bond donors (Lipinski definition) is 0. The van der Waals surface area contributed by atoms with E-state index in [0.717, 1.165) is 70.6 Å². The molecular weight excluding hydrogens is 1010 g/mol. The van der Waals surface area contributed by atoms with Crippen LogP contribution in [0.5, 0.6) is 0 Å². The number of esters is 3. The van der Waals surface area contributed by atoms with Gasteiger partial charge in [0.05, 0.1) is 0 Å². The van der Waals surface area contributed by atoms with Crippen LogP contribution in [0.1, 0.15) is 387 Å². The standard InChI is InChI=1S/C76H138O6/c1-4-7-10-13-16-19-22-25-28-31-34-36-37-38-39-41-42-45-48-51-54-57-60-63-66-69-75(78)81-72-73(71-80-74(77)68-65-62-59-56-53-50-47-44-33-30-27-24-21-18-15-12-9-6-3)82-76(79)70-67-64-61-58-55-52-49-46-43-40-35-32-29-26-23-20-17-14-11-8-5-2/h22-23,25-26,30-35,73H,4-21,24,27-29,36-72H2,1-3H3/b25-22-,26-23-,33-30-,34-31-,35-32-. The molecule has 0 aromatic rings. The Morgan fingerprint density at radius 3 is 0.683 bits per heavy atom. The SMILES string of the molecule is CCCCCCC/C=C\C/C=C\CCCCCCCCCCCCCCCC(=O)OCC(COC(=O)CCCCCCCCC/C=C\CCCCCCCCC)OC(=O)CCCCCCCCCCC/C=C\C/C=C\CCCCCCC. The van der Waals surface area contributed by atoms with Crippen molar-refractivity contribution in [2.75, 3.05) is 13.2 Å². The molecule has 0 aliphatic heterocycles. The van der Waals surface area contributed by atoms with E-state index in [1.807, 2.05) is 0 Å². The molecule has 1 atom stereocenters. The lowest BCUT2D eigenvalue weighted by Gasteiger charge is -2.18. The maximum atomic E-state index is 13.0. The molecule has 1 unspecified atom stereocenters. The number of rotatable bonds is 67. The minimum atomic E-state index is -0.780. The summed E-state index contributed by atoms with van der Waals surface area (Å²) in [6, 6.07) is 0. The molecule has 0 aliphatic rings. The molecule has 0 amide bonds. The molecule has 0 aromatic heterocycles. The summed E-state index contributed by atoms with van der Waals surface area (Å²) in [6.45, 7) is 6.67. The first kappa shape index (κ1) is 79.1. The Labute approximate surface area is 510 Å². The van der Waals surface area contributed by atoms with E-state index < -0.39 is 6.10 Å². The van der Waals surface area contributed by atoms with E-state index in [-0.39, 0.29) is 31.1 Å². The number of allylic oxidation sites excluding steroid dienone is 10. The minimum absolute atomic E-state index is 0.0748. The van der Waals surface area contributed by atoms with Crippen LogP contribution in [0.4, 0.5) is 0 Å². The molecule has 6 nitrogen and oxygen atoms in total. The van der Waals surface area contributed by atoms with E-state index in [1.54, 1.807) is 0 Å². The van der Waals surface area contributed by atoms with Gasteiger partial charge in [0.1, 0.15) is 13.2 Å². The van der Waals surface area contributed by atoms with Crippen molar-refractivity contribution in [2.24, 2.45) is 0 Å². The fourth-order valence-electron chi connectivity index (χ4n) is 10.7. The fourth-order valence-corrected chi connectivity index (χ4v) is 10.7. The zero-order valence-electron chi connectivity index (χ0n) is 55.0. The maximum Gasteiger partial charge on any atom is 0.306 e. The van der Waals surface area contributed by atoms with Gasteiger partial charge >= 0.3 is 17.9 Å². The van der Waals surface area contributed by atoms with Gasteiger partial charge < -0.3 is 14.2 Å². The van der Waals surface area contributed by atoms with Gasteiger partial charge in [0.25, 0.3) is 0 Å². The summed E-state index contributed by atoms with van der Waals surface area (Å²) < 4.78 is 17.0. The topological polar surface area (TPSA) is 78.9 Å². The van der Waals surface area contributed by atoms with Gasteiger partial charge in [-0.2, -0.15) is 0 Å². The second-order valence-corrected chi connectivity index (χ2v) is 24.5. The van der Waals surface area contributed by atoms with Crippen LogP contribution < -0.4 is 0 Å². The number of carbonyl (C=O) groups is 3. The molecule has 0 radical (unpaired) electrons. The summed E-state index contributed by atoms with van der Waals surface area (Å²) in [7, 11) is 0. The van der Waals surface area contributed by atoms with Crippen molar-refractivity contribution in [1.82, 2.24) is 0 Å². The summed E-state index contributed by atoms with van der Waals surface area (Å²) in [5.41, 5.74) is 0. The molecule has 0 spiro atoms. The largest absolute Gasteiger partial charge is 0.462 e. The van der Waals surface area contributed by atoms with Gasteiger partial charge in [-0.25, -0.2) is 0 Å². The molecule has 6 heteroatoms. The molecule has 0 rings (SSSR count). The van der Waals surface area contributed by atoms with Crippen LogP contribution in [-0.2, 0) is 28.6 Å². The minimum Gasteiger partial charge on any atom is -0.462 e. The third-order valence-electron chi connectivity index (χ3n) is 16.2. The average molecular weight is 1150 g/mol.